The molecule has 0 saturated carbocycles. The summed E-state index contributed by atoms with van der Waals surface area (Å²) in [6.07, 6.45) is 0. The number of aromatic nitrogens is 4. The average molecular weight is 411 g/mol. The van der Waals surface area contributed by atoms with Gasteiger partial charge in [0.2, 0.25) is 11.1 Å². The molecule has 9 heteroatoms. The summed E-state index contributed by atoms with van der Waals surface area (Å²) in [7, 11) is 0. The number of carbonyl (C=O) groups is 1. The van der Waals surface area contributed by atoms with E-state index >= 15 is 0 Å². The normalized spacial score (nSPS) is 14.2. The second kappa shape index (κ2) is 8.52. The van der Waals surface area contributed by atoms with Crippen LogP contribution in [0, 0.1) is 6.92 Å². The topological polar surface area (TPSA) is 87.4 Å². The summed E-state index contributed by atoms with van der Waals surface area (Å²) in [4.78, 5) is 16.7. The number of phenolic OH excluding ortho intramolecular Hbond substituents is 1. The summed E-state index contributed by atoms with van der Waals surface area (Å²) in [5, 5.41) is 21.9. The quantitative estimate of drug-likeness (QED) is 0.645. The Hall–Kier alpha value is -3.07. The number of aromatic hydroxyl groups is 1. The van der Waals surface area contributed by atoms with Crippen LogP contribution in [0.5, 0.6) is 5.75 Å². The fourth-order valence-corrected chi connectivity index (χ4v) is 4.01. The number of phenols is 1. The smallest absolute Gasteiger partial charge is 0.233 e. The van der Waals surface area contributed by atoms with E-state index in [1.54, 1.807) is 16.8 Å². The molecule has 29 heavy (non-hydrogen) atoms. The van der Waals surface area contributed by atoms with Crippen LogP contribution in [0.4, 0.5) is 5.69 Å². The SMILES string of the molecule is Cc1ccc(-n2nnnc2SCC(=O)N2CCN(c3ccc(O)cc3)CC2)cc1. The highest BCUT2D eigenvalue weighted by Crippen LogP contribution is 2.22. The third-order valence-electron chi connectivity index (χ3n) is 4.89. The number of tetrazole rings is 1. The zero-order chi connectivity index (χ0) is 20.2. The van der Waals surface area contributed by atoms with Gasteiger partial charge in [-0.1, -0.05) is 29.5 Å². The zero-order valence-electron chi connectivity index (χ0n) is 16.1. The van der Waals surface area contributed by atoms with Crippen LogP contribution in [-0.2, 0) is 4.79 Å². The van der Waals surface area contributed by atoms with Gasteiger partial charge in [-0.15, -0.1) is 5.10 Å². The Bertz CT molecular complexity index is 965. The molecule has 1 N–H and O–H groups in total. The highest BCUT2D eigenvalue weighted by atomic mass is 32.2. The Morgan fingerprint density at radius 2 is 1.66 bits per heavy atom. The Balaban J connectivity index is 1.32. The Morgan fingerprint density at radius 3 is 2.34 bits per heavy atom. The number of thioether (sulfide) groups is 1. The van der Waals surface area contributed by atoms with E-state index in [9.17, 15) is 9.90 Å². The Labute approximate surface area is 173 Å². The first-order valence-electron chi connectivity index (χ1n) is 9.40. The van der Waals surface area contributed by atoms with Crippen LogP contribution in [0.15, 0.2) is 53.7 Å². The first-order valence-corrected chi connectivity index (χ1v) is 10.4. The molecule has 0 radical (unpaired) electrons. The number of benzene rings is 2. The van der Waals surface area contributed by atoms with Crippen LogP contribution in [0.3, 0.4) is 0 Å². The zero-order valence-corrected chi connectivity index (χ0v) is 16.9. The van der Waals surface area contributed by atoms with Crippen molar-refractivity contribution in [1.82, 2.24) is 25.1 Å². The van der Waals surface area contributed by atoms with Gasteiger partial charge in [0.15, 0.2) is 0 Å². The third-order valence-corrected chi connectivity index (χ3v) is 5.80. The molecule has 150 valence electrons. The molecule has 1 aliphatic rings. The summed E-state index contributed by atoms with van der Waals surface area (Å²) in [5.41, 5.74) is 3.09. The maximum atomic E-state index is 12.6. The van der Waals surface area contributed by atoms with Crippen molar-refractivity contribution >= 4 is 23.4 Å². The van der Waals surface area contributed by atoms with Gasteiger partial charge in [-0.05, 0) is 53.7 Å². The lowest BCUT2D eigenvalue weighted by atomic mass is 10.2. The largest absolute Gasteiger partial charge is 0.508 e. The molecular formula is C20H22N6O2S. The van der Waals surface area contributed by atoms with E-state index in [2.05, 4.69) is 20.4 Å². The number of aryl methyl sites for hydroxylation is 1. The Kier molecular flexibility index (Phi) is 5.66. The van der Waals surface area contributed by atoms with Crippen LogP contribution >= 0.6 is 11.8 Å². The second-order valence-electron chi connectivity index (χ2n) is 6.88. The average Bonchev–Trinajstić information content (AvgIpc) is 3.22. The minimum absolute atomic E-state index is 0.0822. The number of piperazine rings is 1. The van der Waals surface area contributed by atoms with E-state index in [-0.39, 0.29) is 11.7 Å². The van der Waals surface area contributed by atoms with Crippen LogP contribution in [0.2, 0.25) is 0 Å². The van der Waals surface area contributed by atoms with Crippen LogP contribution in [-0.4, -0.2) is 68.1 Å². The highest BCUT2D eigenvalue weighted by molar-refractivity contribution is 7.99. The van der Waals surface area contributed by atoms with Gasteiger partial charge in [0.05, 0.1) is 11.4 Å². The van der Waals surface area contributed by atoms with Gasteiger partial charge in [0.1, 0.15) is 5.75 Å². The standard InChI is InChI=1S/C20H22N6O2S/c1-15-2-4-17(5-3-15)26-20(21-22-23-26)29-14-19(28)25-12-10-24(11-13-25)16-6-8-18(27)9-7-16/h2-9,27H,10-14H2,1H3. The summed E-state index contributed by atoms with van der Waals surface area (Å²) in [6.45, 7) is 4.90. The van der Waals surface area contributed by atoms with Crippen molar-refractivity contribution in [3.05, 3.63) is 54.1 Å². The summed E-state index contributed by atoms with van der Waals surface area (Å²) in [6, 6.07) is 15.1. The van der Waals surface area contributed by atoms with Crippen molar-refractivity contribution in [1.29, 1.82) is 0 Å². The maximum absolute atomic E-state index is 12.6. The molecule has 0 unspecified atom stereocenters. The number of hydrogen-bond donors (Lipinski definition) is 1. The lowest BCUT2D eigenvalue weighted by Gasteiger charge is -2.36. The van der Waals surface area contributed by atoms with E-state index in [0.29, 0.717) is 24.0 Å². The molecule has 1 amide bonds. The van der Waals surface area contributed by atoms with Gasteiger partial charge >= 0.3 is 0 Å². The number of carbonyl (C=O) groups excluding carboxylic acids is 1. The first-order chi connectivity index (χ1) is 14.1. The van der Waals surface area contributed by atoms with Gasteiger partial charge < -0.3 is 14.9 Å². The molecule has 3 aromatic rings. The van der Waals surface area contributed by atoms with Crippen molar-refractivity contribution < 1.29 is 9.90 Å². The Morgan fingerprint density at radius 1 is 1.00 bits per heavy atom. The minimum atomic E-state index is 0.0822. The molecule has 2 heterocycles. The molecule has 8 nitrogen and oxygen atoms in total. The lowest BCUT2D eigenvalue weighted by molar-refractivity contribution is -0.128. The summed E-state index contributed by atoms with van der Waals surface area (Å²) < 4.78 is 1.65. The molecule has 4 rings (SSSR count). The van der Waals surface area contributed by atoms with E-state index in [1.807, 2.05) is 48.2 Å². The van der Waals surface area contributed by atoms with E-state index in [0.717, 1.165) is 30.0 Å². The third kappa shape index (κ3) is 4.51. The van der Waals surface area contributed by atoms with Gasteiger partial charge in [-0.2, -0.15) is 4.68 Å². The van der Waals surface area contributed by atoms with E-state index < -0.39 is 0 Å². The minimum Gasteiger partial charge on any atom is -0.508 e. The summed E-state index contributed by atoms with van der Waals surface area (Å²) in [5.74, 6) is 0.636. The number of hydrogen-bond acceptors (Lipinski definition) is 7. The van der Waals surface area contributed by atoms with Crippen molar-refractivity contribution in [3.8, 4) is 11.4 Å². The predicted octanol–water partition coefficient (Wildman–Crippen LogP) is 2.12. The lowest BCUT2D eigenvalue weighted by Crippen LogP contribution is -2.49. The number of nitrogens with zero attached hydrogens (tertiary/aromatic N) is 6. The van der Waals surface area contributed by atoms with Gasteiger partial charge in [0, 0.05) is 31.9 Å². The molecule has 0 bridgehead atoms. The van der Waals surface area contributed by atoms with Gasteiger partial charge in [0.25, 0.3) is 0 Å². The van der Waals surface area contributed by atoms with Crippen molar-refractivity contribution in [2.75, 3.05) is 36.8 Å². The van der Waals surface area contributed by atoms with E-state index in [4.69, 9.17) is 0 Å². The van der Waals surface area contributed by atoms with Gasteiger partial charge in [-0.3, -0.25) is 4.79 Å². The van der Waals surface area contributed by atoms with Crippen molar-refractivity contribution in [2.45, 2.75) is 12.1 Å². The molecule has 1 aliphatic heterocycles. The molecule has 1 aromatic heterocycles. The fourth-order valence-electron chi connectivity index (χ4n) is 3.21. The molecule has 2 aromatic carbocycles. The number of amides is 1. The van der Waals surface area contributed by atoms with Crippen molar-refractivity contribution in [3.63, 3.8) is 0 Å². The van der Waals surface area contributed by atoms with Gasteiger partial charge in [-0.25, -0.2) is 0 Å². The van der Waals surface area contributed by atoms with Crippen LogP contribution in [0.25, 0.3) is 5.69 Å². The molecular weight excluding hydrogens is 388 g/mol. The highest BCUT2D eigenvalue weighted by Gasteiger charge is 2.22. The van der Waals surface area contributed by atoms with Crippen LogP contribution < -0.4 is 4.90 Å². The monoisotopic (exact) mass is 410 g/mol. The summed E-state index contributed by atoms with van der Waals surface area (Å²) >= 11 is 1.35. The molecule has 0 atom stereocenters. The number of rotatable bonds is 5. The molecule has 0 aliphatic carbocycles. The number of anilines is 1. The molecule has 1 saturated heterocycles. The fraction of sp³-hybridized carbons (Fsp3) is 0.300. The predicted molar refractivity (Wildman–Crippen MR) is 112 cm³/mol. The second-order valence-corrected chi connectivity index (χ2v) is 7.82. The van der Waals surface area contributed by atoms with E-state index in [1.165, 1.54) is 11.8 Å². The molecule has 1 fully saturated rings. The van der Waals surface area contributed by atoms with Crippen LogP contribution in [0.1, 0.15) is 5.56 Å². The molecule has 0 spiro atoms. The van der Waals surface area contributed by atoms with Crippen molar-refractivity contribution in [2.24, 2.45) is 0 Å². The first kappa shape index (κ1) is 19.3. The maximum Gasteiger partial charge on any atom is 0.233 e.